The molecule has 2 aliphatic heterocycles. The van der Waals surface area contributed by atoms with Gasteiger partial charge in [-0.25, -0.2) is 19.4 Å². The quantitative estimate of drug-likeness (QED) is 0.313. The Hall–Kier alpha value is -4.51. The number of piperidine rings is 1. The molecule has 2 aliphatic rings. The molecule has 3 N–H and O–H groups in total. The van der Waals surface area contributed by atoms with Crippen LogP contribution in [0.25, 0.3) is 10.7 Å². The maximum Gasteiger partial charge on any atom is 0.490 e. The summed E-state index contributed by atoms with van der Waals surface area (Å²) in [5, 5.41) is 32.6. The number of pyridine rings is 1. The van der Waals surface area contributed by atoms with Gasteiger partial charge in [-0.05, 0) is 37.4 Å². The highest BCUT2D eigenvalue weighted by Crippen LogP contribution is 2.40. The molecule has 13 nitrogen and oxygen atoms in total. The van der Waals surface area contributed by atoms with Gasteiger partial charge >= 0.3 is 36.4 Å². The van der Waals surface area contributed by atoms with Gasteiger partial charge in [-0.15, -0.1) is 21.5 Å². The van der Waals surface area contributed by atoms with Crippen LogP contribution >= 0.6 is 11.3 Å². The number of thiophene rings is 1. The summed E-state index contributed by atoms with van der Waals surface area (Å²) < 4.78 is 103. The number of aliphatic carboxylic acids is 3. The fourth-order valence-corrected chi connectivity index (χ4v) is 5.53. The van der Waals surface area contributed by atoms with E-state index in [1.54, 1.807) is 24.6 Å². The molecule has 0 amide bonds. The van der Waals surface area contributed by atoms with Gasteiger partial charge in [0, 0.05) is 37.9 Å². The van der Waals surface area contributed by atoms with Gasteiger partial charge in [-0.3, -0.25) is 9.80 Å². The van der Waals surface area contributed by atoms with Crippen molar-refractivity contribution in [1.82, 2.24) is 29.5 Å². The van der Waals surface area contributed by atoms with Gasteiger partial charge in [0.2, 0.25) is 5.88 Å². The topological polar surface area (TPSA) is 171 Å². The van der Waals surface area contributed by atoms with Crippen molar-refractivity contribution in [3.63, 3.8) is 0 Å². The number of rotatable bonds is 4. The molecule has 3 aromatic heterocycles. The van der Waals surface area contributed by atoms with Crippen molar-refractivity contribution in [3.8, 4) is 16.6 Å². The molecule has 0 saturated carbocycles. The van der Waals surface area contributed by atoms with Crippen molar-refractivity contribution < 1.29 is 74.0 Å². The van der Waals surface area contributed by atoms with Gasteiger partial charge in [0.25, 0.3) is 0 Å². The molecule has 0 aliphatic carbocycles. The van der Waals surface area contributed by atoms with Crippen LogP contribution in [0.15, 0.2) is 35.8 Å². The van der Waals surface area contributed by atoms with Crippen molar-refractivity contribution in [2.45, 2.75) is 50.0 Å². The third kappa shape index (κ3) is 11.8. The highest BCUT2D eigenvalue weighted by molar-refractivity contribution is 7.13. The summed E-state index contributed by atoms with van der Waals surface area (Å²) in [7, 11) is 3.88. The van der Waals surface area contributed by atoms with Crippen LogP contribution in [0.4, 0.5) is 39.5 Å². The lowest BCUT2D eigenvalue weighted by molar-refractivity contribution is -0.193. The second-order valence-corrected chi connectivity index (χ2v) is 11.5. The summed E-state index contributed by atoms with van der Waals surface area (Å²) >= 11 is 1.74. The summed E-state index contributed by atoms with van der Waals surface area (Å²) in [6.07, 6.45) is -11.3. The van der Waals surface area contributed by atoms with Crippen LogP contribution in [0.3, 0.4) is 0 Å². The molecule has 0 unspecified atom stereocenters. The predicted molar refractivity (Wildman–Crippen MR) is 154 cm³/mol. The van der Waals surface area contributed by atoms with Crippen molar-refractivity contribution in [3.05, 3.63) is 47.2 Å². The number of aromatic nitrogens is 4. The van der Waals surface area contributed by atoms with Crippen molar-refractivity contribution in [1.29, 1.82) is 0 Å². The molecular weight excluding hydrogens is 723 g/mol. The third-order valence-corrected chi connectivity index (χ3v) is 7.74. The average molecular weight is 753 g/mol. The van der Waals surface area contributed by atoms with Crippen LogP contribution in [0.1, 0.15) is 24.2 Å². The molecule has 5 heterocycles. The molecule has 0 bridgehead atoms. The first-order valence-electron chi connectivity index (χ1n) is 13.8. The fraction of sp³-hybridized carbons (Fsp3) is 0.481. The second-order valence-electron chi connectivity index (χ2n) is 10.5. The molecule has 3 aromatic rings. The number of likely N-dealkylation sites (N-methyl/N-ethyl adjacent to an activating group) is 1. The zero-order chi connectivity index (χ0) is 38.1. The number of hydrogen-bond donors (Lipinski definition) is 3. The first-order chi connectivity index (χ1) is 23.0. The van der Waals surface area contributed by atoms with E-state index < -0.39 is 36.4 Å². The SMILES string of the molecule is COc1ncccc1CN1CCC2(CC1)CN(C)Cc1nnc(-c3cccs3)n12.O=C(O)C(F)(F)F.O=C(O)C(F)(F)F.O=C(O)C(F)(F)F. The molecule has 1 spiro atoms. The Bertz CT molecular complexity index is 1520. The van der Waals surface area contributed by atoms with E-state index in [9.17, 15) is 39.5 Å². The Balaban J connectivity index is 0.000000338. The number of hydrogen-bond acceptors (Lipinski definition) is 10. The number of carbonyl (C=O) groups is 3. The second kappa shape index (κ2) is 16.9. The lowest BCUT2D eigenvalue weighted by Crippen LogP contribution is -2.55. The minimum atomic E-state index is -5.08. The molecular formula is C27H29F9N6O7S. The number of likely N-dealkylation sites (tertiary alicyclic amines) is 1. The highest BCUT2D eigenvalue weighted by Gasteiger charge is 2.44. The van der Waals surface area contributed by atoms with E-state index in [0.717, 1.165) is 68.7 Å². The largest absolute Gasteiger partial charge is 0.490 e. The van der Waals surface area contributed by atoms with Crippen molar-refractivity contribution in [2.24, 2.45) is 0 Å². The number of nitrogens with zero attached hydrogens (tertiary/aromatic N) is 6. The van der Waals surface area contributed by atoms with E-state index >= 15 is 0 Å². The van der Waals surface area contributed by atoms with Crippen LogP contribution in [0.5, 0.6) is 5.88 Å². The zero-order valence-corrected chi connectivity index (χ0v) is 26.7. The monoisotopic (exact) mass is 752 g/mol. The molecule has 23 heteroatoms. The molecule has 0 aromatic carbocycles. The minimum Gasteiger partial charge on any atom is -0.481 e. The molecule has 1 saturated heterocycles. The van der Waals surface area contributed by atoms with Crippen LogP contribution in [0, 0.1) is 0 Å². The van der Waals surface area contributed by atoms with E-state index in [2.05, 4.69) is 60.2 Å². The number of alkyl halides is 9. The normalized spacial score (nSPS) is 16.0. The molecule has 0 atom stereocenters. The number of fused-ring (bicyclic) bond motifs is 2. The Labute approximate surface area is 280 Å². The van der Waals surface area contributed by atoms with Gasteiger partial charge in [-0.2, -0.15) is 39.5 Å². The van der Waals surface area contributed by atoms with Crippen LogP contribution < -0.4 is 4.74 Å². The minimum absolute atomic E-state index is 0.0562. The first kappa shape index (κ1) is 41.7. The summed E-state index contributed by atoms with van der Waals surface area (Å²) in [5.74, 6) is -5.42. The standard InChI is InChI=1S/C21H26N6OS.3C2HF3O2/c1-25-14-18-23-24-19(17-6-4-12-29-17)27(18)21(15-25)7-10-26(11-8-21)13-16-5-3-9-22-20(16)28-2;3*3-2(4,5)1(6)7/h3-6,9,12H,7-8,10-11,13-15H2,1-2H3;3*(H,6,7). The van der Waals surface area contributed by atoms with Crippen LogP contribution in [-0.2, 0) is 33.0 Å². The predicted octanol–water partition coefficient (Wildman–Crippen LogP) is 4.75. The first-order valence-corrected chi connectivity index (χ1v) is 14.7. The number of halogens is 9. The van der Waals surface area contributed by atoms with Gasteiger partial charge in [0.05, 0.1) is 24.1 Å². The summed E-state index contributed by atoms with van der Waals surface area (Å²) in [4.78, 5) is 37.1. The maximum absolute atomic E-state index is 10.6. The van der Waals surface area contributed by atoms with E-state index in [1.165, 1.54) is 4.88 Å². The van der Waals surface area contributed by atoms with Gasteiger partial charge in [0.1, 0.15) is 5.82 Å². The summed E-state index contributed by atoms with van der Waals surface area (Å²) in [6, 6.07) is 8.33. The summed E-state index contributed by atoms with van der Waals surface area (Å²) in [6.45, 7) is 4.84. The van der Waals surface area contributed by atoms with Gasteiger partial charge in [-0.1, -0.05) is 12.1 Å². The van der Waals surface area contributed by atoms with Crippen LogP contribution in [-0.4, -0.2) is 115 Å². The van der Waals surface area contributed by atoms with Crippen molar-refractivity contribution in [2.75, 3.05) is 33.8 Å². The Morgan fingerprint density at radius 1 is 0.880 bits per heavy atom. The maximum atomic E-state index is 10.6. The van der Waals surface area contributed by atoms with E-state index in [1.807, 2.05) is 6.07 Å². The summed E-state index contributed by atoms with van der Waals surface area (Å²) in [5.41, 5.74) is 1.21. The zero-order valence-electron chi connectivity index (χ0n) is 25.9. The lowest BCUT2D eigenvalue weighted by Gasteiger charge is -2.48. The van der Waals surface area contributed by atoms with E-state index in [0.29, 0.717) is 0 Å². The fourth-order valence-electron chi connectivity index (χ4n) is 4.83. The number of ether oxygens (including phenoxy) is 1. The highest BCUT2D eigenvalue weighted by atomic mass is 32.1. The van der Waals surface area contributed by atoms with E-state index in [-0.39, 0.29) is 5.54 Å². The Morgan fingerprint density at radius 2 is 1.40 bits per heavy atom. The third-order valence-electron chi connectivity index (χ3n) is 6.87. The molecule has 278 valence electrons. The average Bonchev–Trinajstić information content (AvgIpc) is 3.69. The lowest BCUT2D eigenvalue weighted by atomic mass is 9.84. The molecule has 0 radical (unpaired) electrons. The van der Waals surface area contributed by atoms with Gasteiger partial charge < -0.3 is 24.6 Å². The van der Waals surface area contributed by atoms with Gasteiger partial charge in [0.15, 0.2) is 5.82 Å². The number of carboxylic acid groups (broad SMARTS) is 3. The van der Waals surface area contributed by atoms with Crippen molar-refractivity contribution >= 4 is 29.2 Å². The Morgan fingerprint density at radius 3 is 1.84 bits per heavy atom. The smallest absolute Gasteiger partial charge is 0.481 e. The molecule has 50 heavy (non-hydrogen) atoms. The van der Waals surface area contributed by atoms with E-state index in [4.69, 9.17) is 34.4 Å². The van der Waals surface area contributed by atoms with Crippen LogP contribution in [0.2, 0.25) is 0 Å². The number of methoxy groups -OCH3 is 1. The Kier molecular flexibility index (Phi) is 14.1. The number of carboxylic acids is 3. The molecule has 5 rings (SSSR count). The molecule has 1 fully saturated rings.